The molecule has 0 spiro atoms. The van der Waals surface area contributed by atoms with Crippen LogP contribution in [0.2, 0.25) is 0 Å². The first-order valence-corrected chi connectivity index (χ1v) is 5.87. The summed E-state index contributed by atoms with van der Waals surface area (Å²) in [6.45, 7) is 0. The molecule has 5 nitrogen and oxygen atoms in total. The Morgan fingerprint density at radius 3 is 2.38 bits per heavy atom. The van der Waals surface area contributed by atoms with E-state index in [1.54, 1.807) is 36.4 Å². The van der Waals surface area contributed by atoms with E-state index in [-0.39, 0.29) is 45.9 Å². The number of carbonyl (C=O) groups is 1. The van der Waals surface area contributed by atoms with Crippen LogP contribution in [0.4, 0.5) is 0 Å². The van der Waals surface area contributed by atoms with Crippen LogP contribution < -0.4 is 28.4 Å². The summed E-state index contributed by atoms with van der Waals surface area (Å²) >= 11 is 5.03. The number of amides is 1. The summed E-state index contributed by atoms with van der Waals surface area (Å²) in [6, 6.07) is 11.3. The van der Waals surface area contributed by atoms with Crippen molar-refractivity contribution >= 4 is 23.1 Å². The van der Waals surface area contributed by atoms with Crippen LogP contribution in [0.15, 0.2) is 48.7 Å². The van der Waals surface area contributed by atoms with Gasteiger partial charge in [-0.05, 0) is 12.1 Å². The van der Waals surface area contributed by atoms with Gasteiger partial charge in [-0.3, -0.25) is 20.6 Å². The molecule has 0 unspecified atom stereocenters. The Morgan fingerprint density at radius 2 is 1.76 bits per heavy atom. The molecule has 0 aliphatic carbocycles. The number of para-hydroxylation sites is 1. The number of nitrogens with one attached hydrogen (secondary N) is 2. The second-order valence-corrected chi connectivity index (χ2v) is 4.03. The number of nitrogens with zero attached hydrogens (tertiary/aromatic N) is 1. The van der Waals surface area contributed by atoms with E-state index in [0.29, 0.717) is 5.56 Å². The van der Waals surface area contributed by atoms with Gasteiger partial charge in [0.05, 0.1) is 0 Å². The molecule has 1 heterocycles. The van der Waals surface area contributed by atoms with Gasteiger partial charge in [-0.15, -0.1) is 0 Å². The Morgan fingerprint density at radius 1 is 1.10 bits per heavy atom. The molecular weight excluding hydrogens is 361 g/mol. The van der Waals surface area contributed by atoms with Gasteiger partial charge in [0.1, 0.15) is 10.7 Å². The smallest absolute Gasteiger partial charge is 1.00 e. The van der Waals surface area contributed by atoms with Crippen molar-refractivity contribution in [3.8, 4) is 5.75 Å². The van der Waals surface area contributed by atoms with Gasteiger partial charge >= 0.3 is 17.1 Å². The van der Waals surface area contributed by atoms with Crippen molar-refractivity contribution in [1.29, 1.82) is 0 Å². The molecule has 1 radical (unpaired) electrons. The number of pyridine rings is 1. The molecule has 0 fully saturated rings. The standard InChI is InChI=1S/C13H11N3O2S.ClH.Cu/c17-11-7-2-1-5-9(11)13(19)16-15-12(18)10-6-3-4-8-14-10;;/h1-8,17H,(H,15,18)(H,16,19);1H;/q;;+2/p-2. The fourth-order valence-electron chi connectivity index (χ4n) is 1.40. The van der Waals surface area contributed by atoms with E-state index in [4.69, 9.17) is 12.2 Å². The summed E-state index contributed by atoms with van der Waals surface area (Å²) in [7, 11) is 0. The molecule has 2 rings (SSSR count). The van der Waals surface area contributed by atoms with Gasteiger partial charge < -0.3 is 17.5 Å². The summed E-state index contributed by atoms with van der Waals surface area (Å²) in [5.74, 6) is -0.626. The summed E-state index contributed by atoms with van der Waals surface area (Å²) in [6.07, 6.45) is 1.51. The maximum Gasteiger partial charge on any atom is 2.00 e. The normalized spacial score (nSPS) is 8.76. The summed E-state index contributed by atoms with van der Waals surface area (Å²) in [5.41, 5.74) is 5.51. The van der Waals surface area contributed by atoms with E-state index in [9.17, 15) is 9.90 Å². The molecule has 21 heavy (non-hydrogen) atoms. The SMILES string of the molecule is O=C(NNC(=S)c1ccccc1[O-])c1ccccn1.[Cl-].[Cu+2]. The first kappa shape index (κ1) is 19.3. The Hall–Kier alpha value is -1.66. The third kappa shape index (κ3) is 5.32. The third-order valence-corrected chi connectivity index (χ3v) is 2.64. The summed E-state index contributed by atoms with van der Waals surface area (Å²) in [4.78, 5) is 15.7. The minimum Gasteiger partial charge on any atom is -1.00 e. The number of hydrogen-bond acceptors (Lipinski definition) is 4. The molecule has 1 aromatic carbocycles. The van der Waals surface area contributed by atoms with Crippen LogP contribution in [-0.2, 0) is 17.1 Å². The molecular formula is C13H10ClCuN3O2S. The summed E-state index contributed by atoms with van der Waals surface area (Å²) < 4.78 is 0. The summed E-state index contributed by atoms with van der Waals surface area (Å²) in [5, 5.41) is 11.5. The molecule has 0 aliphatic heterocycles. The zero-order valence-electron chi connectivity index (χ0n) is 10.5. The van der Waals surface area contributed by atoms with Gasteiger partial charge in [0.25, 0.3) is 5.91 Å². The molecule has 113 valence electrons. The number of carbonyl (C=O) groups excluding carboxylic acids is 1. The van der Waals surface area contributed by atoms with Crippen molar-refractivity contribution in [2.75, 3.05) is 0 Å². The monoisotopic (exact) mass is 370 g/mol. The van der Waals surface area contributed by atoms with Crippen LogP contribution in [0.3, 0.4) is 0 Å². The minimum absolute atomic E-state index is 0. The van der Waals surface area contributed by atoms with Crippen LogP contribution >= 0.6 is 12.2 Å². The first-order chi connectivity index (χ1) is 9.18. The van der Waals surface area contributed by atoms with Crippen LogP contribution in [0.1, 0.15) is 16.1 Å². The van der Waals surface area contributed by atoms with Crippen LogP contribution in [0, 0.1) is 0 Å². The van der Waals surface area contributed by atoms with Crippen LogP contribution in [0.25, 0.3) is 0 Å². The number of aromatic nitrogens is 1. The Kier molecular flexibility index (Phi) is 8.57. The van der Waals surface area contributed by atoms with Crippen molar-refractivity contribution in [3.63, 3.8) is 0 Å². The second-order valence-electron chi connectivity index (χ2n) is 3.62. The molecule has 0 saturated heterocycles. The van der Waals surface area contributed by atoms with Gasteiger partial charge in [0, 0.05) is 11.8 Å². The number of thiocarbonyl (C=S) groups is 1. The van der Waals surface area contributed by atoms with Crippen molar-refractivity contribution in [3.05, 3.63) is 59.9 Å². The van der Waals surface area contributed by atoms with Crippen molar-refractivity contribution in [2.24, 2.45) is 0 Å². The molecule has 8 heteroatoms. The number of halogens is 1. The quantitative estimate of drug-likeness (QED) is 0.355. The molecule has 2 aromatic rings. The number of hydrogen-bond donors (Lipinski definition) is 2. The zero-order valence-corrected chi connectivity index (χ0v) is 13.0. The predicted molar refractivity (Wildman–Crippen MR) is 72.4 cm³/mol. The maximum absolute atomic E-state index is 11.7. The Labute approximate surface area is 144 Å². The van der Waals surface area contributed by atoms with Crippen molar-refractivity contribution < 1.29 is 39.4 Å². The third-order valence-electron chi connectivity index (χ3n) is 2.32. The average Bonchev–Trinajstić information content (AvgIpc) is 2.46. The predicted octanol–water partition coefficient (Wildman–Crippen LogP) is -2.23. The van der Waals surface area contributed by atoms with E-state index in [1.165, 1.54) is 12.3 Å². The molecule has 1 aromatic heterocycles. The molecule has 0 bridgehead atoms. The van der Waals surface area contributed by atoms with Crippen molar-refractivity contribution in [2.45, 2.75) is 0 Å². The van der Waals surface area contributed by atoms with E-state index in [1.807, 2.05) is 0 Å². The molecule has 2 N–H and O–H groups in total. The Bertz CT molecular complexity index is 613. The number of hydrazine groups is 1. The molecule has 0 atom stereocenters. The number of benzene rings is 1. The Balaban J connectivity index is 0.00000200. The topological polar surface area (TPSA) is 77.1 Å². The van der Waals surface area contributed by atoms with Gasteiger partial charge in [0.2, 0.25) is 0 Å². The van der Waals surface area contributed by atoms with E-state index in [2.05, 4.69) is 15.8 Å². The van der Waals surface area contributed by atoms with Gasteiger partial charge in [-0.2, -0.15) is 0 Å². The van der Waals surface area contributed by atoms with Crippen LogP contribution in [0.5, 0.6) is 5.75 Å². The van der Waals surface area contributed by atoms with Crippen LogP contribution in [-0.4, -0.2) is 15.9 Å². The van der Waals surface area contributed by atoms with Gasteiger partial charge in [0.15, 0.2) is 0 Å². The zero-order chi connectivity index (χ0) is 13.7. The molecule has 0 aliphatic rings. The molecule has 1 amide bonds. The van der Waals surface area contributed by atoms with Gasteiger partial charge in [-0.1, -0.05) is 48.3 Å². The van der Waals surface area contributed by atoms with Gasteiger partial charge in [-0.25, -0.2) is 0 Å². The average molecular weight is 371 g/mol. The minimum atomic E-state index is -0.425. The van der Waals surface area contributed by atoms with Crippen molar-refractivity contribution in [1.82, 2.24) is 15.8 Å². The molecule has 0 saturated carbocycles. The van der Waals surface area contributed by atoms with E-state index < -0.39 is 5.91 Å². The fraction of sp³-hybridized carbons (Fsp3) is 0. The maximum atomic E-state index is 11.7. The van der Waals surface area contributed by atoms with E-state index in [0.717, 1.165) is 0 Å². The first-order valence-electron chi connectivity index (χ1n) is 5.46. The number of rotatable bonds is 2. The fourth-order valence-corrected chi connectivity index (χ4v) is 1.62. The van der Waals surface area contributed by atoms with E-state index >= 15 is 0 Å². The second kappa shape index (κ2) is 9.31. The largest absolute Gasteiger partial charge is 2.00 e.